The molecule has 7 nitrogen and oxygen atoms in total. The SMILES string of the molecule is O=c1[nH]ncc(N2CCC(Oc3cc(N4CCC5(CC4)CC(F)(F)C5)ccn3)C2)c1Cl. The number of hydrogen-bond donors (Lipinski definition) is 1. The lowest BCUT2D eigenvalue weighted by Crippen LogP contribution is -2.52. The number of pyridine rings is 1. The predicted octanol–water partition coefficient (Wildman–Crippen LogP) is 3.49. The van der Waals surface area contributed by atoms with Crippen molar-refractivity contribution in [2.24, 2.45) is 5.41 Å². The molecule has 1 atom stereocenters. The Morgan fingerprint density at radius 3 is 2.71 bits per heavy atom. The van der Waals surface area contributed by atoms with Crippen LogP contribution in [0.5, 0.6) is 5.88 Å². The highest BCUT2D eigenvalue weighted by Gasteiger charge is 2.56. The lowest BCUT2D eigenvalue weighted by atomic mass is 9.61. The summed E-state index contributed by atoms with van der Waals surface area (Å²) < 4.78 is 32.8. The molecule has 1 saturated carbocycles. The van der Waals surface area contributed by atoms with E-state index in [0.29, 0.717) is 24.7 Å². The van der Waals surface area contributed by atoms with Gasteiger partial charge in [0, 0.05) is 56.8 Å². The van der Waals surface area contributed by atoms with Gasteiger partial charge in [0.1, 0.15) is 11.1 Å². The van der Waals surface area contributed by atoms with E-state index in [2.05, 4.69) is 20.1 Å². The molecule has 1 aliphatic carbocycles. The summed E-state index contributed by atoms with van der Waals surface area (Å²) >= 11 is 6.11. The maximum atomic E-state index is 13.3. The minimum Gasteiger partial charge on any atom is -0.472 e. The van der Waals surface area contributed by atoms with E-state index >= 15 is 0 Å². The summed E-state index contributed by atoms with van der Waals surface area (Å²) in [6.45, 7) is 2.82. The van der Waals surface area contributed by atoms with E-state index in [9.17, 15) is 13.6 Å². The van der Waals surface area contributed by atoms with Crippen molar-refractivity contribution in [1.29, 1.82) is 0 Å². The van der Waals surface area contributed by atoms with Gasteiger partial charge in [-0.25, -0.2) is 18.9 Å². The van der Waals surface area contributed by atoms with Crippen LogP contribution in [0.2, 0.25) is 5.02 Å². The number of ether oxygens (including phenoxy) is 1. The van der Waals surface area contributed by atoms with Gasteiger partial charge in [0.2, 0.25) is 11.8 Å². The normalized spacial score (nSPS) is 24.3. The molecule has 1 N–H and O–H groups in total. The van der Waals surface area contributed by atoms with E-state index in [1.165, 1.54) is 0 Å². The number of H-pyrrole nitrogens is 1. The molecule has 1 spiro atoms. The van der Waals surface area contributed by atoms with Gasteiger partial charge in [-0.15, -0.1) is 0 Å². The van der Waals surface area contributed by atoms with Crippen LogP contribution in [-0.4, -0.2) is 53.4 Å². The number of aromatic amines is 1. The number of hydrogen-bond acceptors (Lipinski definition) is 6. The molecule has 31 heavy (non-hydrogen) atoms. The molecule has 3 fully saturated rings. The Morgan fingerprint density at radius 1 is 1.19 bits per heavy atom. The first-order chi connectivity index (χ1) is 14.8. The van der Waals surface area contributed by atoms with Crippen molar-refractivity contribution in [1.82, 2.24) is 15.2 Å². The average Bonchev–Trinajstić information content (AvgIpc) is 3.17. The van der Waals surface area contributed by atoms with Crippen molar-refractivity contribution < 1.29 is 13.5 Å². The lowest BCUT2D eigenvalue weighted by Gasteiger charge is -2.52. The zero-order valence-electron chi connectivity index (χ0n) is 17.0. The van der Waals surface area contributed by atoms with Gasteiger partial charge in [0.15, 0.2) is 0 Å². The minimum absolute atomic E-state index is 0.0313. The smallest absolute Gasteiger partial charge is 0.285 e. The fourth-order valence-corrected chi connectivity index (χ4v) is 5.32. The van der Waals surface area contributed by atoms with Crippen LogP contribution in [0.4, 0.5) is 20.2 Å². The Kier molecular flexibility index (Phi) is 5.03. The maximum Gasteiger partial charge on any atom is 0.285 e. The zero-order chi connectivity index (χ0) is 21.6. The topological polar surface area (TPSA) is 74.3 Å². The summed E-state index contributed by atoms with van der Waals surface area (Å²) in [5.74, 6) is -1.93. The highest BCUT2D eigenvalue weighted by molar-refractivity contribution is 6.33. The number of piperidine rings is 1. The van der Waals surface area contributed by atoms with Gasteiger partial charge in [-0.05, 0) is 24.3 Å². The van der Waals surface area contributed by atoms with Gasteiger partial charge in [-0.3, -0.25) is 4.79 Å². The molecule has 4 heterocycles. The third kappa shape index (κ3) is 4.07. The molecule has 2 aliphatic heterocycles. The summed E-state index contributed by atoms with van der Waals surface area (Å²) in [5, 5.41) is 6.28. The van der Waals surface area contributed by atoms with Crippen molar-refractivity contribution in [3.05, 3.63) is 39.9 Å². The lowest BCUT2D eigenvalue weighted by molar-refractivity contribution is -0.168. The van der Waals surface area contributed by atoms with Crippen LogP contribution in [-0.2, 0) is 0 Å². The fourth-order valence-electron chi connectivity index (χ4n) is 5.11. The molecule has 2 saturated heterocycles. The zero-order valence-corrected chi connectivity index (χ0v) is 17.7. The number of aromatic nitrogens is 3. The first-order valence-electron chi connectivity index (χ1n) is 10.6. The van der Waals surface area contributed by atoms with Crippen molar-refractivity contribution in [2.75, 3.05) is 36.0 Å². The molecule has 0 radical (unpaired) electrons. The van der Waals surface area contributed by atoms with Gasteiger partial charge in [-0.2, -0.15) is 5.10 Å². The molecule has 10 heteroatoms. The summed E-state index contributed by atoms with van der Waals surface area (Å²) in [5.41, 5.74) is 1.02. The predicted molar refractivity (Wildman–Crippen MR) is 113 cm³/mol. The Hall–Kier alpha value is -2.42. The molecule has 1 unspecified atom stereocenters. The molecule has 0 amide bonds. The Labute approximate surface area is 183 Å². The van der Waals surface area contributed by atoms with E-state index < -0.39 is 11.5 Å². The summed E-state index contributed by atoms with van der Waals surface area (Å²) in [6, 6.07) is 3.85. The van der Waals surface area contributed by atoms with Crippen molar-refractivity contribution in [2.45, 2.75) is 44.1 Å². The van der Waals surface area contributed by atoms with Crippen LogP contribution >= 0.6 is 11.6 Å². The van der Waals surface area contributed by atoms with Crippen molar-refractivity contribution in [3.8, 4) is 5.88 Å². The standard InChI is InChI=1S/C21H24ClF2N5O2/c22-18-16(10-26-27-19(18)30)29-6-2-15(11-29)31-17-9-14(1-5-25-17)28-7-3-20(4-8-28)12-21(23,24)13-20/h1,5,9-10,15H,2-4,6-8,11-13H2,(H,27,30). The second kappa shape index (κ2) is 7.62. The van der Waals surface area contributed by atoms with E-state index in [-0.39, 0.29) is 29.4 Å². The first kappa shape index (κ1) is 20.5. The van der Waals surface area contributed by atoms with Crippen LogP contribution in [0, 0.1) is 5.41 Å². The second-order valence-electron chi connectivity index (χ2n) is 8.92. The van der Waals surface area contributed by atoms with Crippen molar-refractivity contribution in [3.63, 3.8) is 0 Å². The maximum absolute atomic E-state index is 13.3. The molecule has 0 aromatic carbocycles. The van der Waals surface area contributed by atoms with Crippen LogP contribution in [0.1, 0.15) is 32.1 Å². The van der Waals surface area contributed by atoms with E-state index in [1.807, 2.05) is 17.0 Å². The second-order valence-corrected chi connectivity index (χ2v) is 9.30. The Morgan fingerprint density at radius 2 is 1.97 bits per heavy atom. The third-order valence-corrected chi connectivity index (χ3v) is 7.09. The molecule has 5 rings (SSSR count). The van der Waals surface area contributed by atoms with Crippen LogP contribution in [0.3, 0.4) is 0 Å². The molecule has 166 valence electrons. The number of halogens is 3. The highest BCUT2D eigenvalue weighted by atomic mass is 35.5. The number of nitrogens with one attached hydrogen (secondary N) is 1. The first-order valence-corrected chi connectivity index (χ1v) is 10.9. The average molecular weight is 452 g/mol. The highest BCUT2D eigenvalue weighted by Crippen LogP contribution is 2.57. The number of nitrogens with zero attached hydrogens (tertiary/aromatic N) is 4. The van der Waals surface area contributed by atoms with Crippen molar-refractivity contribution >= 4 is 23.0 Å². The van der Waals surface area contributed by atoms with Crippen LogP contribution in [0.25, 0.3) is 0 Å². The van der Waals surface area contributed by atoms with Crippen LogP contribution < -0.4 is 20.1 Å². The monoisotopic (exact) mass is 451 g/mol. The number of alkyl halides is 2. The van der Waals surface area contributed by atoms with Gasteiger partial charge < -0.3 is 14.5 Å². The summed E-state index contributed by atoms with van der Waals surface area (Å²) in [4.78, 5) is 20.2. The number of rotatable bonds is 4. The summed E-state index contributed by atoms with van der Waals surface area (Å²) in [7, 11) is 0. The fraction of sp³-hybridized carbons (Fsp3) is 0.571. The largest absolute Gasteiger partial charge is 0.472 e. The molecule has 0 bridgehead atoms. The molecular weight excluding hydrogens is 428 g/mol. The summed E-state index contributed by atoms with van der Waals surface area (Å²) in [6.07, 6.45) is 5.61. The third-order valence-electron chi connectivity index (χ3n) is 6.73. The van der Waals surface area contributed by atoms with Gasteiger partial charge >= 0.3 is 0 Å². The molecule has 2 aromatic heterocycles. The van der Waals surface area contributed by atoms with E-state index in [0.717, 1.165) is 38.0 Å². The van der Waals surface area contributed by atoms with Gasteiger partial charge in [0.25, 0.3) is 5.56 Å². The minimum atomic E-state index is -2.47. The molecule has 2 aromatic rings. The number of anilines is 2. The molecule has 3 aliphatic rings. The van der Waals surface area contributed by atoms with Crippen LogP contribution in [0.15, 0.2) is 29.3 Å². The van der Waals surface area contributed by atoms with E-state index in [1.54, 1.807) is 12.4 Å². The Balaban J connectivity index is 1.20. The van der Waals surface area contributed by atoms with Gasteiger partial charge in [-0.1, -0.05) is 11.6 Å². The van der Waals surface area contributed by atoms with E-state index in [4.69, 9.17) is 16.3 Å². The Bertz CT molecular complexity index is 1010. The quantitative estimate of drug-likeness (QED) is 0.767. The van der Waals surface area contributed by atoms with Gasteiger partial charge in [0.05, 0.1) is 18.4 Å². The molecular formula is C21H24ClF2N5O2.